The van der Waals surface area contributed by atoms with Gasteiger partial charge in [-0.15, -0.1) is 0 Å². The highest BCUT2D eigenvalue weighted by Crippen LogP contribution is 2.51. The maximum Gasteiger partial charge on any atom is 0.247 e. The lowest BCUT2D eigenvalue weighted by Crippen LogP contribution is -2.56. The summed E-state index contributed by atoms with van der Waals surface area (Å²) in [6.07, 6.45) is 16.9. The van der Waals surface area contributed by atoms with E-state index in [4.69, 9.17) is 9.47 Å². The average molecular weight is 627 g/mol. The fourth-order valence-electron chi connectivity index (χ4n) is 7.33. The zero-order chi connectivity index (χ0) is 32.2. The van der Waals surface area contributed by atoms with Crippen LogP contribution in [-0.2, 0) is 9.59 Å². The number of nitrogens with one attached hydrogen (secondary N) is 1. The van der Waals surface area contributed by atoms with Crippen LogP contribution in [0.5, 0.6) is 11.5 Å². The normalized spacial score (nSPS) is 22.5. The molecule has 1 aromatic carbocycles. The number of benzene rings is 1. The molecule has 0 spiro atoms. The molecule has 2 amide bonds. The number of rotatable bonds is 18. The lowest BCUT2D eigenvalue weighted by molar-refractivity contribution is -0.138. The van der Waals surface area contributed by atoms with Gasteiger partial charge in [-0.25, -0.2) is 0 Å². The van der Waals surface area contributed by atoms with Crippen molar-refractivity contribution < 1.29 is 34.1 Å². The summed E-state index contributed by atoms with van der Waals surface area (Å²) in [5.74, 6) is 0.0120. The molecular formula is C36H54N2O7. The fourth-order valence-corrected chi connectivity index (χ4v) is 7.33. The first-order valence-corrected chi connectivity index (χ1v) is 17.4. The summed E-state index contributed by atoms with van der Waals surface area (Å²) in [4.78, 5) is 41.1. The minimum Gasteiger partial charge on any atom is -0.493 e. The van der Waals surface area contributed by atoms with Crippen LogP contribution in [0.15, 0.2) is 23.8 Å². The van der Waals surface area contributed by atoms with Crippen molar-refractivity contribution in [2.45, 2.75) is 127 Å². The summed E-state index contributed by atoms with van der Waals surface area (Å²) in [5.41, 5.74) is 1.32. The first kappa shape index (κ1) is 35.0. The summed E-state index contributed by atoms with van der Waals surface area (Å²) in [5, 5.41) is 24.1. The maximum absolute atomic E-state index is 14.0. The second kappa shape index (κ2) is 17.7. The second-order valence-corrected chi connectivity index (χ2v) is 13.0. The number of carbonyl (C=O) groups is 3. The molecule has 0 radical (unpaired) electrons. The number of methoxy groups -OCH3 is 1. The molecule has 9 heteroatoms. The second-order valence-electron chi connectivity index (χ2n) is 13.0. The molecule has 0 bridgehead atoms. The molecular weight excluding hydrogens is 572 g/mol. The van der Waals surface area contributed by atoms with Gasteiger partial charge in [-0.3, -0.25) is 14.4 Å². The third-order valence-corrected chi connectivity index (χ3v) is 9.76. The highest BCUT2D eigenvalue weighted by Gasteiger charge is 2.51. The van der Waals surface area contributed by atoms with Crippen molar-refractivity contribution in [1.29, 1.82) is 0 Å². The van der Waals surface area contributed by atoms with E-state index in [-0.39, 0.29) is 19.1 Å². The van der Waals surface area contributed by atoms with E-state index in [0.29, 0.717) is 53.4 Å². The summed E-state index contributed by atoms with van der Waals surface area (Å²) < 4.78 is 11.9. The smallest absolute Gasteiger partial charge is 0.247 e. The fraction of sp³-hybridized carbons (Fsp3) is 0.694. The van der Waals surface area contributed by atoms with Crippen molar-refractivity contribution in [3.63, 3.8) is 0 Å². The van der Waals surface area contributed by atoms with Gasteiger partial charge in [0.2, 0.25) is 11.8 Å². The number of aldehydes is 1. The van der Waals surface area contributed by atoms with Crippen LogP contribution in [0.3, 0.4) is 0 Å². The van der Waals surface area contributed by atoms with E-state index in [1.807, 2.05) is 0 Å². The summed E-state index contributed by atoms with van der Waals surface area (Å²) in [6.45, 7) is 2.60. The highest BCUT2D eigenvalue weighted by molar-refractivity contribution is 5.96. The van der Waals surface area contributed by atoms with E-state index in [0.717, 1.165) is 44.9 Å². The van der Waals surface area contributed by atoms with Gasteiger partial charge in [-0.05, 0) is 43.4 Å². The quantitative estimate of drug-likeness (QED) is 0.146. The standard InChI is InChI=1S/C36H54N2O7/c1-3-4-5-6-7-8-9-10-14-17-31(41)38(23-25-15-12-11-13-16-25)29-22-28(36(43)37-18-19-39)32-27-20-26(24-40)21-30(44-2)34(27)45-35(32)33(29)42/h20-22,24-25,29,32-33,35,39,42H,3-19,23H2,1-2H3,(H,37,43). The number of carbonyl (C=O) groups excluding carboxylic acids is 3. The Kier molecular flexibility index (Phi) is 13.7. The summed E-state index contributed by atoms with van der Waals surface area (Å²) in [7, 11) is 1.48. The van der Waals surface area contributed by atoms with Crippen LogP contribution < -0.4 is 14.8 Å². The zero-order valence-corrected chi connectivity index (χ0v) is 27.3. The Labute approximate surface area is 268 Å². The van der Waals surface area contributed by atoms with Crippen molar-refractivity contribution in [3.8, 4) is 11.5 Å². The molecule has 0 saturated heterocycles. The molecule has 0 aromatic heterocycles. The van der Waals surface area contributed by atoms with E-state index in [2.05, 4.69) is 12.2 Å². The number of fused-ring (bicyclic) bond motifs is 3. The van der Waals surface area contributed by atoms with Gasteiger partial charge in [0, 0.05) is 36.2 Å². The molecule has 250 valence electrons. The predicted molar refractivity (Wildman–Crippen MR) is 174 cm³/mol. The van der Waals surface area contributed by atoms with E-state index in [1.165, 1.54) is 52.1 Å². The average Bonchev–Trinajstić information content (AvgIpc) is 3.45. The Hall–Kier alpha value is -2.91. The van der Waals surface area contributed by atoms with Crippen LogP contribution in [0.1, 0.15) is 125 Å². The number of hydrogen-bond donors (Lipinski definition) is 3. The lowest BCUT2D eigenvalue weighted by atomic mass is 9.76. The molecule has 4 rings (SSSR count). The number of nitrogens with zero attached hydrogens (tertiary/aromatic N) is 1. The molecule has 1 saturated carbocycles. The van der Waals surface area contributed by atoms with E-state index in [1.54, 1.807) is 23.1 Å². The summed E-state index contributed by atoms with van der Waals surface area (Å²) in [6, 6.07) is 2.50. The first-order valence-electron chi connectivity index (χ1n) is 17.4. The number of hydrogen-bond acceptors (Lipinski definition) is 7. The lowest BCUT2D eigenvalue weighted by Gasteiger charge is -2.42. The monoisotopic (exact) mass is 626 g/mol. The van der Waals surface area contributed by atoms with Crippen molar-refractivity contribution in [1.82, 2.24) is 10.2 Å². The summed E-state index contributed by atoms with van der Waals surface area (Å²) >= 11 is 0. The SMILES string of the molecule is CCCCCCCCCCCC(=O)N(CC1CCCCC1)C1C=C(C(=O)NCCO)C2c3cc(C=O)cc(OC)c3OC2C1O. The molecule has 2 aliphatic carbocycles. The van der Waals surface area contributed by atoms with E-state index < -0.39 is 30.1 Å². The number of amides is 2. The molecule has 1 fully saturated rings. The number of aliphatic hydroxyl groups is 2. The molecule has 4 atom stereocenters. The molecule has 3 N–H and O–H groups in total. The van der Waals surface area contributed by atoms with Gasteiger partial charge in [0.25, 0.3) is 0 Å². The van der Waals surface area contributed by atoms with E-state index >= 15 is 0 Å². The number of aliphatic hydroxyl groups excluding tert-OH is 2. The molecule has 9 nitrogen and oxygen atoms in total. The molecule has 45 heavy (non-hydrogen) atoms. The first-order chi connectivity index (χ1) is 21.9. The zero-order valence-electron chi connectivity index (χ0n) is 27.3. The maximum atomic E-state index is 14.0. The number of unbranched alkanes of at least 4 members (excludes halogenated alkanes) is 8. The van der Waals surface area contributed by atoms with Crippen LogP contribution in [0.25, 0.3) is 0 Å². The van der Waals surface area contributed by atoms with Crippen LogP contribution in [0.2, 0.25) is 0 Å². The van der Waals surface area contributed by atoms with Crippen molar-refractivity contribution in [3.05, 3.63) is 34.9 Å². The minimum atomic E-state index is -1.10. The highest BCUT2D eigenvalue weighted by atomic mass is 16.5. The van der Waals surface area contributed by atoms with Crippen LogP contribution in [0, 0.1) is 5.92 Å². The predicted octanol–water partition coefficient (Wildman–Crippen LogP) is 5.46. The van der Waals surface area contributed by atoms with Crippen LogP contribution in [0.4, 0.5) is 0 Å². The third-order valence-electron chi connectivity index (χ3n) is 9.76. The van der Waals surface area contributed by atoms with Gasteiger partial charge in [-0.1, -0.05) is 77.6 Å². The Morgan fingerprint density at radius 1 is 1.04 bits per heavy atom. The van der Waals surface area contributed by atoms with Crippen molar-refractivity contribution >= 4 is 18.1 Å². The Bertz CT molecular complexity index is 1160. The molecule has 1 heterocycles. The van der Waals surface area contributed by atoms with E-state index in [9.17, 15) is 24.6 Å². The Morgan fingerprint density at radius 2 is 1.73 bits per heavy atom. The van der Waals surface area contributed by atoms with Gasteiger partial charge < -0.3 is 29.9 Å². The van der Waals surface area contributed by atoms with Gasteiger partial charge in [0.1, 0.15) is 18.5 Å². The number of ether oxygens (including phenoxy) is 2. The van der Waals surface area contributed by atoms with Gasteiger partial charge in [0.05, 0.1) is 25.7 Å². The van der Waals surface area contributed by atoms with Crippen LogP contribution >= 0.6 is 0 Å². The molecule has 3 aliphatic rings. The minimum absolute atomic E-state index is 0.00582. The Balaban J connectivity index is 1.58. The largest absolute Gasteiger partial charge is 0.493 e. The van der Waals surface area contributed by atoms with Crippen LogP contribution in [-0.4, -0.2) is 78.3 Å². The third kappa shape index (κ3) is 8.88. The van der Waals surface area contributed by atoms with Crippen molar-refractivity contribution in [2.75, 3.05) is 26.8 Å². The van der Waals surface area contributed by atoms with Gasteiger partial charge >= 0.3 is 0 Å². The molecule has 1 aromatic rings. The van der Waals surface area contributed by atoms with Crippen molar-refractivity contribution in [2.24, 2.45) is 5.92 Å². The van der Waals surface area contributed by atoms with Gasteiger partial charge in [-0.2, -0.15) is 0 Å². The molecule has 4 unspecified atom stereocenters. The topological polar surface area (TPSA) is 125 Å². The van der Waals surface area contributed by atoms with Gasteiger partial charge in [0.15, 0.2) is 11.5 Å². The molecule has 1 aliphatic heterocycles. The Morgan fingerprint density at radius 3 is 2.38 bits per heavy atom.